The van der Waals surface area contributed by atoms with Crippen molar-refractivity contribution in [1.29, 1.82) is 0 Å². The van der Waals surface area contributed by atoms with Gasteiger partial charge in [-0.25, -0.2) is 0 Å². The molecule has 6 nitrogen and oxygen atoms in total. The summed E-state index contributed by atoms with van der Waals surface area (Å²) < 4.78 is 0. The summed E-state index contributed by atoms with van der Waals surface area (Å²) in [6.45, 7) is 1.77. The summed E-state index contributed by atoms with van der Waals surface area (Å²) in [5.74, 6) is -0.368. The standard InChI is InChI=1S/C19H20N4O2/c1-13(16(24)12-14-8-4-2-5-9-14)20-19(25)18-17(21-23-22-18)15-10-6-3-7-11-15/h2-11,13,16,24H,12H2,1H3,(H,20,25)(H,21,22,23)/t13-,16-/m0/s1. The molecule has 0 fully saturated rings. The molecule has 1 heterocycles. The van der Waals surface area contributed by atoms with Crippen LogP contribution in [0.5, 0.6) is 0 Å². The molecule has 0 saturated heterocycles. The molecule has 3 N–H and O–H groups in total. The molecule has 2 aromatic carbocycles. The van der Waals surface area contributed by atoms with Gasteiger partial charge >= 0.3 is 0 Å². The maximum absolute atomic E-state index is 12.5. The van der Waals surface area contributed by atoms with E-state index in [0.717, 1.165) is 11.1 Å². The van der Waals surface area contributed by atoms with E-state index in [4.69, 9.17) is 0 Å². The Bertz CT molecular complexity index is 818. The van der Waals surface area contributed by atoms with Crippen LogP contribution < -0.4 is 5.32 Å². The highest BCUT2D eigenvalue weighted by atomic mass is 16.3. The summed E-state index contributed by atoms with van der Waals surface area (Å²) in [5, 5.41) is 23.7. The van der Waals surface area contributed by atoms with Crippen LogP contribution in [0.25, 0.3) is 11.3 Å². The van der Waals surface area contributed by atoms with Gasteiger partial charge in [-0.3, -0.25) is 4.79 Å². The van der Waals surface area contributed by atoms with Crippen molar-refractivity contribution < 1.29 is 9.90 Å². The molecule has 0 aliphatic rings. The van der Waals surface area contributed by atoms with Crippen LogP contribution in [0, 0.1) is 0 Å². The molecule has 3 rings (SSSR count). The molecule has 0 unspecified atom stereocenters. The number of hydrogen-bond acceptors (Lipinski definition) is 4. The van der Waals surface area contributed by atoms with Gasteiger partial charge in [0, 0.05) is 12.0 Å². The van der Waals surface area contributed by atoms with E-state index in [9.17, 15) is 9.90 Å². The lowest BCUT2D eigenvalue weighted by Crippen LogP contribution is -2.42. The van der Waals surface area contributed by atoms with Crippen molar-refractivity contribution in [1.82, 2.24) is 20.7 Å². The molecule has 25 heavy (non-hydrogen) atoms. The van der Waals surface area contributed by atoms with Gasteiger partial charge in [-0.05, 0) is 12.5 Å². The lowest BCUT2D eigenvalue weighted by molar-refractivity contribution is 0.0847. The first-order valence-electron chi connectivity index (χ1n) is 8.14. The number of benzene rings is 2. The summed E-state index contributed by atoms with van der Waals surface area (Å²) in [6.07, 6.45) is -0.231. The van der Waals surface area contributed by atoms with E-state index in [0.29, 0.717) is 12.1 Å². The molecule has 0 saturated carbocycles. The Balaban J connectivity index is 1.67. The van der Waals surface area contributed by atoms with Gasteiger partial charge in [-0.15, -0.1) is 0 Å². The highest BCUT2D eigenvalue weighted by molar-refractivity contribution is 5.98. The zero-order valence-electron chi connectivity index (χ0n) is 13.9. The predicted octanol–water partition coefficient (Wildman–Crippen LogP) is 2.19. The minimum atomic E-state index is -0.696. The molecular weight excluding hydrogens is 316 g/mol. The van der Waals surface area contributed by atoms with Crippen LogP contribution in [0.2, 0.25) is 0 Å². The third-order valence-electron chi connectivity index (χ3n) is 4.03. The number of aromatic amines is 1. The number of carbonyl (C=O) groups is 1. The molecule has 0 spiro atoms. The SMILES string of the molecule is C[C@H](NC(=O)c1n[nH]nc1-c1ccccc1)[C@@H](O)Cc1ccccc1. The Hall–Kier alpha value is -2.99. The molecule has 1 amide bonds. The van der Waals surface area contributed by atoms with E-state index in [1.807, 2.05) is 60.7 Å². The second-order valence-electron chi connectivity index (χ2n) is 5.91. The fourth-order valence-electron chi connectivity index (χ4n) is 2.59. The van der Waals surface area contributed by atoms with E-state index in [1.54, 1.807) is 6.92 Å². The van der Waals surface area contributed by atoms with Crippen LogP contribution in [-0.4, -0.2) is 38.6 Å². The van der Waals surface area contributed by atoms with Crippen LogP contribution in [0.3, 0.4) is 0 Å². The Morgan fingerprint density at radius 1 is 1.08 bits per heavy atom. The second kappa shape index (κ2) is 7.72. The van der Waals surface area contributed by atoms with E-state index in [1.165, 1.54) is 0 Å². The Morgan fingerprint density at radius 3 is 2.40 bits per heavy atom. The molecule has 0 aliphatic heterocycles. The quantitative estimate of drug-likeness (QED) is 0.643. The van der Waals surface area contributed by atoms with E-state index < -0.39 is 12.1 Å². The molecule has 6 heteroatoms. The van der Waals surface area contributed by atoms with Crippen LogP contribution in [0.15, 0.2) is 60.7 Å². The van der Waals surface area contributed by atoms with Crippen LogP contribution >= 0.6 is 0 Å². The van der Waals surface area contributed by atoms with Crippen molar-refractivity contribution in [3.63, 3.8) is 0 Å². The van der Waals surface area contributed by atoms with Gasteiger partial charge in [0.15, 0.2) is 5.69 Å². The van der Waals surface area contributed by atoms with Gasteiger partial charge in [-0.1, -0.05) is 60.7 Å². The van der Waals surface area contributed by atoms with Crippen molar-refractivity contribution in [3.8, 4) is 11.3 Å². The van der Waals surface area contributed by atoms with E-state index in [-0.39, 0.29) is 11.6 Å². The van der Waals surface area contributed by atoms with Gasteiger partial charge < -0.3 is 10.4 Å². The first kappa shape index (κ1) is 16.9. The summed E-state index contributed by atoms with van der Waals surface area (Å²) >= 11 is 0. The predicted molar refractivity (Wildman–Crippen MR) is 94.9 cm³/mol. The molecule has 1 aromatic heterocycles. The van der Waals surface area contributed by atoms with Crippen LogP contribution in [-0.2, 0) is 6.42 Å². The number of nitrogens with zero attached hydrogens (tertiary/aromatic N) is 2. The van der Waals surface area contributed by atoms with Gasteiger partial charge in [0.1, 0.15) is 5.69 Å². The molecule has 0 aliphatic carbocycles. The monoisotopic (exact) mass is 336 g/mol. The number of amides is 1. The first-order valence-corrected chi connectivity index (χ1v) is 8.14. The van der Waals surface area contributed by atoms with E-state index >= 15 is 0 Å². The second-order valence-corrected chi connectivity index (χ2v) is 5.91. The van der Waals surface area contributed by atoms with Crippen LogP contribution in [0.4, 0.5) is 0 Å². The number of rotatable bonds is 6. The average molecular weight is 336 g/mol. The number of aromatic nitrogens is 3. The smallest absolute Gasteiger partial charge is 0.274 e. The van der Waals surface area contributed by atoms with Crippen molar-refractivity contribution >= 4 is 5.91 Å². The van der Waals surface area contributed by atoms with Gasteiger partial charge in [-0.2, -0.15) is 15.4 Å². The topological polar surface area (TPSA) is 90.9 Å². The Morgan fingerprint density at radius 2 is 1.72 bits per heavy atom. The Labute approximate surface area is 145 Å². The number of nitrogens with one attached hydrogen (secondary N) is 2. The molecular formula is C19H20N4O2. The molecule has 0 bridgehead atoms. The zero-order valence-corrected chi connectivity index (χ0v) is 13.9. The van der Waals surface area contributed by atoms with Crippen molar-refractivity contribution in [2.45, 2.75) is 25.5 Å². The maximum Gasteiger partial charge on any atom is 0.274 e. The highest BCUT2D eigenvalue weighted by Crippen LogP contribution is 2.19. The summed E-state index contributed by atoms with van der Waals surface area (Å²) in [4.78, 5) is 12.5. The fourth-order valence-corrected chi connectivity index (χ4v) is 2.59. The lowest BCUT2D eigenvalue weighted by Gasteiger charge is -2.20. The van der Waals surface area contributed by atoms with Crippen molar-refractivity contribution in [3.05, 3.63) is 71.9 Å². The molecule has 3 aromatic rings. The molecule has 2 atom stereocenters. The number of hydrogen-bond donors (Lipinski definition) is 3. The van der Waals surface area contributed by atoms with E-state index in [2.05, 4.69) is 20.7 Å². The van der Waals surface area contributed by atoms with Crippen molar-refractivity contribution in [2.24, 2.45) is 0 Å². The van der Waals surface area contributed by atoms with Gasteiger partial charge in [0.25, 0.3) is 5.91 Å². The normalized spacial score (nSPS) is 13.2. The zero-order chi connectivity index (χ0) is 17.6. The number of H-pyrrole nitrogens is 1. The first-order chi connectivity index (χ1) is 12.1. The highest BCUT2D eigenvalue weighted by Gasteiger charge is 2.22. The molecule has 128 valence electrons. The molecule has 0 radical (unpaired) electrons. The summed E-state index contributed by atoms with van der Waals surface area (Å²) in [6, 6.07) is 18.6. The third kappa shape index (κ3) is 4.10. The summed E-state index contributed by atoms with van der Waals surface area (Å²) in [5.41, 5.74) is 2.52. The lowest BCUT2D eigenvalue weighted by atomic mass is 10.0. The number of aliphatic hydroxyl groups excluding tert-OH is 1. The van der Waals surface area contributed by atoms with Crippen LogP contribution in [0.1, 0.15) is 23.0 Å². The Kier molecular flexibility index (Phi) is 5.20. The van der Waals surface area contributed by atoms with Crippen molar-refractivity contribution in [2.75, 3.05) is 0 Å². The minimum Gasteiger partial charge on any atom is -0.391 e. The summed E-state index contributed by atoms with van der Waals surface area (Å²) in [7, 11) is 0. The minimum absolute atomic E-state index is 0.213. The van der Waals surface area contributed by atoms with Gasteiger partial charge in [0.05, 0.1) is 12.1 Å². The largest absolute Gasteiger partial charge is 0.391 e. The number of carbonyl (C=O) groups excluding carboxylic acids is 1. The number of aliphatic hydroxyl groups is 1. The fraction of sp³-hybridized carbons (Fsp3) is 0.211. The average Bonchev–Trinajstić information content (AvgIpc) is 3.13. The maximum atomic E-state index is 12.5. The van der Waals surface area contributed by atoms with Gasteiger partial charge in [0.2, 0.25) is 0 Å². The third-order valence-corrected chi connectivity index (χ3v) is 4.03.